The Hall–Kier alpha value is -1.79. The van der Waals surface area contributed by atoms with Gasteiger partial charge in [0.2, 0.25) is 5.91 Å². The summed E-state index contributed by atoms with van der Waals surface area (Å²) in [6, 6.07) is 6.23. The van der Waals surface area contributed by atoms with Crippen LogP contribution in [0.2, 0.25) is 0 Å². The molecule has 23 heavy (non-hydrogen) atoms. The van der Waals surface area contributed by atoms with E-state index >= 15 is 0 Å². The van der Waals surface area contributed by atoms with Gasteiger partial charge in [0.1, 0.15) is 0 Å². The molecule has 0 aromatic heterocycles. The Morgan fingerprint density at radius 2 is 2.13 bits per heavy atom. The highest BCUT2D eigenvalue weighted by Gasteiger charge is 2.19. The van der Waals surface area contributed by atoms with Gasteiger partial charge in [-0.1, -0.05) is 6.07 Å². The molecule has 0 bridgehead atoms. The van der Waals surface area contributed by atoms with Crippen LogP contribution in [0, 0.1) is 0 Å². The van der Waals surface area contributed by atoms with E-state index in [9.17, 15) is 4.79 Å². The van der Waals surface area contributed by atoms with Gasteiger partial charge in [0, 0.05) is 32.2 Å². The molecule has 1 atom stereocenters. The second-order valence-electron chi connectivity index (χ2n) is 5.81. The summed E-state index contributed by atoms with van der Waals surface area (Å²) in [6.07, 6.45) is 0.767. The van der Waals surface area contributed by atoms with Crippen molar-refractivity contribution in [1.29, 1.82) is 0 Å². The summed E-state index contributed by atoms with van der Waals surface area (Å²) in [6.45, 7) is 6.04. The zero-order valence-corrected chi connectivity index (χ0v) is 14.2. The minimum absolute atomic E-state index is 0.0826. The first-order chi connectivity index (χ1) is 11.1. The molecule has 1 aliphatic rings. The molecular weight excluding hydrogens is 294 g/mol. The SMILES string of the molecule is COc1ccc(CCNC(=O)CN2CCNC[C@@H]2C)cc1OC. The molecule has 0 saturated carbocycles. The minimum atomic E-state index is 0.0826. The van der Waals surface area contributed by atoms with Gasteiger partial charge in [0.15, 0.2) is 11.5 Å². The maximum atomic E-state index is 12.1. The fraction of sp³-hybridized carbons (Fsp3) is 0.588. The molecule has 2 N–H and O–H groups in total. The summed E-state index contributed by atoms with van der Waals surface area (Å²) >= 11 is 0. The fourth-order valence-corrected chi connectivity index (χ4v) is 2.74. The van der Waals surface area contributed by atoms with Crippen molar-refractivity contribution in [1.82, 2.24) is 15.5 Å². The summed E-state index contributed by atoms with van der Waals surface area (Å²) in [5.41, 5.74) is 1.11. The topological polar surface area (TPSA) is 62.8 Å². The number of methoxy groups -OCH3 is 2. The lowest BCUT2D eigenvalue weighted by Gasteiger charge is -2.33. The van der Waals surface area contributed by atoms with Crippen LogP contribution in [0.3, 0.4) is 0 Å². The molecule has 0 spiro atoms. The van der Waals surface area contributed by atoms with Gasteiger partial charge in [0.25, 0.3) is 0 Å². The van der Waals surface area contributed by atoms with E-state index in [1.165, 1.54) is 0 Å². The Kier molecular flexibility index (Phi) is 6.67. The zero-order valence-electron chi connectivity index (χ0n) is 14.2. The Bertz CT molecular complexity index is 522. The Balaban J connectivity index is 1.77. The smallest absolute Gasteiger partial charge is 0.234 e. The third-order valence-electron chi connectivity index (χ3n) is 4.17. The molecule has 2 rings (SSSR count). The van der Waals surface area contributed by atoms with E-state index in [2.05, 4.69) is 22.5 Å². The molecule has 1 heterocycles. The lowest BCUT2D eigenvalue weighted by atomic mass is 10.1. The first-order valence-electron chi connectivity index (χ1n) is 8.06. The number of piperazine rings is 1. The molecule has 6 heteroatoms. The lowest BCUT2D eigenvalue weighted by Crippen LogP contribution is -2.52. The van der Waals surface area contributed by atoms with Crippen LogP contribution < -0.4 is 20.1 Å². The monoisotopic (exact) mass is 321 g/mol. The van der Waals surface area contributed by atoms with Crippen LogP contribution in [0.1, 0.15) is 12.5 Å². The van der Waals surface area contributed by atoms with Crippen LogP contribution in [0.4, 0.5) is 0 Å². The fourth-order valence-electron chi connectivity index (χ4n) is 2.74. The third kappa shape index (κ3) is 5.11. The van der Waals surface area contributed by atoms with Crippen molar-refractivity contribution in [2.24, 2.45) is 0 Å². The van der Waals surface area contributed by atoms with Gasteiger partial charge in [-0.2, -0.15) is 0 Å². The molecule has 1 aliphatic heterocycles. The summed E-state index contributed by atoms with van der Waals surface area (Å²) in [5.74, 6) is 1.51. The molecule has 1 fully saturated rings. The van der Waals surface area contributed by atoms with E-state index in [0.29, 0.717) is 30.6 Å². The summed E-state index contributed by atoms with van der Waals surface area (Å²) in [5, 5.41) is 6.32. The van der Waals surface area contributed by atoms with Crippen molar-refractivity contribution < 1.29 is 14.3 Å². The highest BCUT2D eigenvalue weighted by molar-refractivity contribution is 5.78. The second-order valence-corrected chi connectivity index (χ2v) is 5.81. The van der Waals surface area contributed by atoms with E-state index < -0.39 is 0 Å². The number of amides is 1. The average molecular weight is 321 g/mol. The van der Waals surface area contributed by atoms with Gasteiger partial charge in [-0.25, -0.2) is 0 Å². The molecule has 6 nitrogen and oxygen atoms in total. The lowest BCUT2D eigenvalue weighted by molar-refractivity contribution is -0.122. The van der Waals surface area contributed by atoms with Gasteiger partial charge in [-0.3, -0.25) is 9.69 Å². The third-order valence-corrected chi connectivity index (χ3v) is 4.17. The highest BCUT2D eigenvalue weighted by Crippen LogP contribution is 2.27. The van der Waals surface area contributed by atoms with Gasteiger partial charge >= 0.3 is 0 Å². The van der Waals surface area contributed by atoms with Crippen LogP contribution in [-0.2, 0) is 11.2 Å². The van der Waals surface area contributed by atoms with Crippen molar-refractivity contribution in [3.63, 3.8) is 0 Å². The van der Waals surface area contributed by atoms with Crippen LogP contribution in [-0.4, -0.2) is 63.8 Å². The van der Waals surface area contributed by atoms with E-state index in [0.717, 1.165) is 31.6 Å². The standard InChI is InChI=1S/C17H27N3O3/c1-13-11-18-8-9-20(13)12-17(21)19-7-6-14-4-5-15(22-2)16(10-14)23-3/h4-5,10,13,18H,6-9,11-12H2,1-3H3,(H,19,21)/t13-/m0/s1. The molecule has 128 valence electrons. The number of nitrogens with one attached hydrogen (secondary N) is 2. The van der Waals surface area contributed by atoms with Crippen LogP contribution in [0.25, 0.3) is 0 Å². The zero-order chi connectivity index (χ0) is 16.7. The minimum Gasteiger partial charge on any atom is -0.493 e. The van der Waals surface area contributed by atoms with Crippen LogP contribution >= 0.6 is 0 Å². The quantitative estimate of drug-likeness (QED) is 0.772. The van der Waals surface area contributed by atoms with Gasteiger partial charge in [-0.15, -0.1) is 0 Å². The predicted octanol–water partition coefficient (Wildman–Crippen LogP) is 0.656. The molecule has 0 unspecified atom stereocenters. The van der Waals surface area contributed by atoms with Crippen molar-refractivity contribution in [2.45, 2.75) is 19.4 Å². The van der Waals surface area contributed by atoms with E-state index in [1.807, 2.05) is 18.2 Å². The number of ether oxygens (including phenoxy) is 2. The van der Waals surface area contributed by atoms with E-state index in [1.54, 1.807) is 14.2 Å². The van der Waals surface area contributed by atoms with Crippen molar-refractivity contribution in [3.05, 3.63) is 23.8 Å². The molecule has 0 aliphatic carbocycles. The maximum Gasteiger partial charge on any atom is 0.234 e. The van der Waals surface area contributed by atoms with Gasteiger partial charge in [-0.05, 0) is 31.0 Å². The van der Waals surface area contributed by atoms with Gasteiger partial charge < -0.3 is 20.1 Å². The molecule has 1 amide bonds. The Morgan fingerprint density at radius 3 is 2.83 bits per heavy atom. The second kappa shape index (κ2) is 8.74. The molecule has 1 aromatic carbocycles. The molecule has 1 saturated heterocycles. The number of hydrogen-bond acceptors (Lipinski definition) is 5. The number of carbonyl (C=O) groups is 1. The number of hydrogen-bond donors (Lipinski definition) is 2. The van der Waals surface area contributed by atoms with Crippen molar-refractivity contribution in [3.8, 4) is 11.5 Å². The maximum absolute atomic E-state index is 12.1. The number of benzene rings is 1. The normalized spacial score (nSPS) is 18.5. The van der Waals surface area contributed by atoms with Crippen LogP contribution in [0.15, 0.2) is 18.2 Å². The summed E-state index contributed by atoms with van der Waals surface area (Å²) in [7, 11) is 3.24. The first-order valence-corrected chi connectivity index (χ1v) is 8.06. The first kappa shape index (κ1) is 17.6. The number of nitrogens with zero attached hydrogens (tertiary/aromatic N) is 1. The average Bonchev–Trinajstić information content (AvgIpc) is 2.56. The van der Waals surface area contributed by atoms with E-state index in [4.69, 9.17) is 9.47 Å². The molecule has 0 radical (unpaired) electrons. The van der Waals surface area contributed by atoms with Crippen molar-refractivity contribution >= 4 is 5.91 Å². The van der Waals surface area contributed by atoms with Crippen LogP contribution in [0.5, 0.6) is 11.5 Å². The Morgan fingerprint density at radius 1 is 1.35 bits per heavy atom. The highest BCUT2D eigenvalue weighted by atomic mass is 16.5. The summed E-state index contributed by atoms with van der Waals surface area (Å²) < 4.78 is 10.5. The van der Waals surface area contributed by atoms with Gasteiger partial charge in [0.05, 0.1) is 20.8 Å². The van der Waals surface area contributed by atoms with E-state index in [-0.39, 0.29) is 5.91 Å². The summed E-state index contributed by atoms with van der Waals surface area (Å²) in [4.78, 5) is 14.3. The predicted molar refractivity (Wildman–Crippen MR) is 90.2 cm³/mol. The largest absolute Gasteiger partial charge is 0.493 e. The molecule has 1 aromatic rings. The number of rotatable bonds is 7. The number of carbonyl (C=O) groups excluding carboxylic acids is 1. The van der Waals surface area contributed by atoms with Crippen molar-refractivity contribution in [2.75, 3.05) is 46.9 Å². The molecular formula is C17H27N3O3. The Labute approximate surface area is 138 Å².